The largest absolute Gasteiger partial charge is 0.507 e. The van der Waals surface area contributed by atoms with Crippen molar-refractivity contribution < 1.29 is 19.4 Å². The number of carbonyl (C=O) groups excluding carboxylic acids is 2. The number of Topliss-reactive ketones (excluding diaryl/α,β-unsaturated/α-hetero) is 1. The van der Waals surface area contributed by atoms with Gasteiger partial charge in [0.05, 0.1) is 18.2 Å². The Bertz CT molecular complexity index is 1210. The van der Waals surface area contributed by atoms with Crippen LogP contribution >= 0.6 is 27.3 Å². The lowest BCUT2D eigenvalue weighted by Crippen LogP contribution is -2.29. The molecule has 3 aromatic rings. The standard InChI is InChI=1S/C24H22BrN3O4S/c1-3-4-13-32-18-11-7-16(8-12-18)21(29)19-20(15-5-9-17(25)10-6-15)28(23(31)22(19)30)24-27-26-14(2)33-24/h5-12,20,29H,3-4,13H2,1-2H3/t20-/m0/s1. The highest BCUT2D eigenvalue weighted by molar-refractivity contribution is 9.10. The summed E-state index contributed by atoms with van der Waals surface area (Å²) < 4.78 is 6.53. The SMILES string of the molecule is CCCCOc1ccc(C(O)=C2C(=O)C(=O)N(c3nnc(C)s3)[C@H]2c2ccc(Br)cc2)cc1. The maximum Gasteiger partial charge on any atom is 0.301 e. The zero-order chi connectivity index (χ0) is 23.5. The number of aliphatic hydroxyl groups is 1. The zero-order valence-corrected chi connectivity index (χ0v) is 20.5. The van der Waals surface area contributed by atoms with E-state index in [1.54, 1.807) is 43.3 Å². The summed E-state index contributed by atoms with van der Waals surface area (Å²) in [6.07, 6.45) is 1.98. The summed E-state index contributed by atoms with van der Waals surface area (Å²) in [5, 5.41) is 20.2. The molecular formula is C24H22BrN3O4S. The molecule has 1 N–H and O–H groups in total. The van der Waals surface area contributed by atoms with Crippen LogP contribution < -0.4 is 9.64 Å². The van der Waals surface area contributed by atoms with Crippen molar-refractivity contribution >= 4 is 49.8 Å². The first kappa shape index (κ1) is 23.1. The van der Waals surface area contributed by atoms with Crippen molar-refractivity contribution in [1.82, 2.24) is 10.2 Å². The van der Waals surface area contributed by atoms with Gasteiger partial charge in [-0.15, -0.1) is 10.2 Å². The number of rotatable bonds is 7. The van der Waals surface area contributed by atoms with Gasteiger partial charge in [0.15, 0.2) is 0 Å². The summed E-state index contributed by atoms with van der Waals surface area (Å²) in [6, 6.07) is 13.3. The Morgan fingerprint density at radius 2 is 1.82 bits per heavy atom. The molecular weight excluding hydrogens is 506 g/mol. The lowest BCUT2D eigenvalue weighted by Gasteiger charge is -2.22. The third kappa shape index (κ3) is 4.69. The summed E-state index contributed by atoms with van der Waals surface area (Å²) >= 11 is 4.62. The predicted octanol–water partition coefficient (Wildman–Crippen LogP) is 5.41. The number of aryl methyl sites for hydroxylation is 1. The fourth-order valence-electron chi connectivity index (χ4n) is 3.57. The Kier molecular flexibility index (Phi) is 6.90. The number of ether oxygens (including phenoxy) is 1. The molecule has 1 atom stereocenters. The van der Waals surface area contributed by atoms with Crippen LogP contribution in [0.2, 0.25) is 0 Å². The van der Waals surface area contributed by atoms with Crippen LogP contribution in [0, 0.1) is 6.92 Å². The molecule has 0 aliphatic carbocycles. The van der Waals surface area contributed by atoms with E-state index < -0.39 is 17.7 Å². The minimum atomic E-state index is -0.828. The minimum Gasteiger partial charge on any atom is -0.507 e. The molecule has 0 unspecified atom stereocenters. The Hall–Kier alpha value is -3.04. The molecule has 4 rings (SSSR count). The van der Waals surface area contributed by atoms with Crippen molar-refractivity contribution in [3.8, 4) is 5.75 Å². The molecule has 1 aromatic heterocycles. The van der Waals surface area contributed by atoms with Gasteiger partial charge in [-0.1, -0.05) is 52.7 Å². The van der Waals surface area contributed by atoms with Gasteiger partial charge in [-0.25, -0.2) is 0 Å². The first-order chi connectivity index (χ1) is 15.9. The molecule has 0 radical (unpaired) electrons. The quantitative estimate of drug-likeness (QED) is 0.191. The van der Waals surface area contributed by atoms with Gasteiger partial charge in [-0.05, 0) is 55.3 Å². The van der Waals surface area contributed by atoms with Crippen molar-refractivity contribution in [2.75, 3.05) is 11.5 Å². The van der Waals surface area contributed by atoms with E-state index in [1.165, 1.54) is 16.2 Å². The second kappa shape index (κ2) is 9.84. The number of amides is 1. The molecule has 1 aliphatic heterocycles. The molecule has 1 fully saturated rings. The molecule has 1 aliphatic rings. The monoisotopic (exact) mass is 527 g/mol. The van der Waals surface area contributed by atoms with Crippen LogP contribution in [0.4, 0.5) is 5.13 Å². The first-order valence-corrected chi connectivity index (χ1v) is 12.1. The number of aliphatic hydroxyl groups excluding tert-OH is 1. The van der Waals surface area contributed by atoms with E-state index in [-0.39, 0.29) is 11.3 Å². The van der Waals surface area contributed by atoms with Crippen molar-refractivity contribution in [2.45, 2.75) is 32.7 Å². The Labute approximate surface area is 203 Å². The molecule has 2 heterocycles. The van der Waals surface area contributed by atoms with E-state index in [2.05, 4.69) is 33.1 Å². The van der Waals surface area contributed by atoms with Gasteiger partial charge in [-0.2, -0.15) is 0 Å². The number of carbonyl (C=O) groups is 2. The molecule has 33 heavy (non-hydrogen) atoms. The Morgan fingerprint density at radius 1 is 1.12 bits per heavy atom. The Balaban J connectivity index is 1.78. The maximum absolute atomic E-state index is 13.1. The second-order valence-corrected chi connectivity index (χ2v) is 9.63. The third-order valence-electron chi connectivity index (χ3n) is 5.25. The fourth-order valence-corrected chi connectivity index (χ4v) is 4.55. The normalized spacial score (nSPS) is 17.5. The van der Waals surface area contributed by atoms with E-state index >= 15 is 0 Å². The van der Waals surface area contributed by atoms with E-state index in [9.17, 15) is 14.7 Å². The lowest BCUT2D eigenvalue weighted by molar-refractivity contribution is -0.132. The molecule has 7 nitrogen and oxygen atoms in total. The van der Waals surface area contributed by atoms with Crippen molar-refractivity contribution in [1.29, 1.82) is 0 Å². The van der Waals surface area contributed by atoms with Crippen molar-refractivity contribution in [3.63, 3.8) is 0 Å². The number of halogens is 1. The van der Waals surface area contributed by atoms with Gasteiger partial charge in [0.1, 0.15) is 16.5 Å². The number of aromatic nitrogens is 2. The van der Waals surface area contributed by atoms with E-state index in [0.717, 1.165) is 17.3 Å². The van der Waals surface area contributed by atoms with Crippen molar-refractivity contribution in [3.05, 3.63) is 74.7 Å². The van der Waals surface area contributed by atoms with E-state index in [0.29, 0.717) is 33.6 Å². The van der Waals surface area contributed by atoms with Crippen LogP contribution in [-0.2, 0) is 9.59 Å². The minimum absolute atomic E-state index is 0.00910. The lowest BCUT2D eigenvalue weighted by atomic mass is 9.95. The number of hydrogen-bond donors (Lipinski definition) is 1. The van der Waals surface area contributed by atoms with Gasteiger partial charge in [0.2, 0.25) is 5.13 Å². The molecule has 170 valence electrons. The van der Waals surface area contributed by atoms with Crippen LogP contribution in [0.3, 0.4) is 0 Å². The highest BCUT2D eigenvalue weighted by atomic mass is 79.9. The third-order valence-corrected chi connectivity index (χ3v) is 6.61. The molecule has 9 heteroatoms. The number of unbranched alkanes of at least 4 members (excludes halogenated alkanes) is 1. The molecule has 1 saturated heterocycles. The summed E-state index contributed by atoms with van der Waals surface area (Å²) in [6.45, 7) is 4.47. The molecule has 0 saturated carbocycles. The van der Waals surface area contributed by atoms with Crippen LogP contribution in [0.15, 0.2) is 58.6 Å². The number of benzene rings is 2. The maximum atomic E-state index is 13.1. The van der Waals surface area contributed by atoms with E-state index in [1.807, 2.05) is 12.1 Å². The molecule has 2 aromatic carbocycles. The Morgan fingerprint density at radius 3 is 2.42 bits per heavy atom. The smallest absolute Gasteiger partial charge is 0.301 e. The van der Waals surface area contributed by atoms with Gasteiger partial charge >= 0.3 is 5.91 Å². The van der Waals surface area contributed by atoms with Crippen LogP contribution in [0.1, 0.15) is 41.9 Å². The van der Waals surface area contributed by atoms with Gasteiger partial charge in [0.25, 0.3) is 5.78 Å². The number of hydrogen-bond acceptors (Lipinski definition) is 7. The second-order valence-electron chi connectivity index (χ2n) is 7.55. The number of anilines is 1. The van der Waals surface area contributed by atoms with Gasteiger partial charge in [0, 0.05) is 10.0 Å². The summed E-state index contributed by atoms with van der Waals surface area (Å²) in [7, 11) is 0. The number of nitrogens with zero attached hydrogens (tertiary/aromatic N) is 3. The van der Waals surface area contributed by atoms with Crippen molar-refractivity contribution in [2.24, 2.45) is 0 Å². The zero-order valence-electron chi connectivity index (χ0n) is 18.1. The first-order valence-electron chi connectivity index (χ1n) is 10.5. The predicted molar refractivity (Wildman–Crippen MR) is 130 cm³/mol. The summed E-state index contributed by atoms with van der Waals surface area (Å²) in [4.78, 5) is 27.5. The van der Waals surface area contributed by atoms with Crippen LogP contribution in [0.5, 0.6) is 5.75 Å². The summed E-state index contributed by atoms with van der Waals surface area (Å²) in [5.74, 6) is -1.09. The highest BCUT2D eigenvalue weighted by Crippen LogP contribution is 2.43. The topological polar surface area (TPSA) is 92.6 Å². The fraction of sp³-hybridized carbons (Fsp3) is 0.250. The molecule has 1 amide bonds. The van der Waals surface area contributed by atoms with E-state index in [4.69, 9.17) is 4.74 Å². The van der Waals surface area contributed by atoms with Crippen LogP contribution in [-0.4, -0.2) is 33.6 Å². The van der Waals surface area contributed by atoms with Gasteiger partial charge < -0.3 is 9.84 Å². The van der Waals surface area contributed by atoms with Crippen LogP contribution in [0.25, 0.3) is 5.76 Å². The average molecular weight is 528 g/mol. The van der Waals surface area contributed by atoms with Gasteiger partial charge in [-0.3, -0.25) is 14.5 Å². The average Bonchev–Trinajstić information content (AvgIpc) is 3.35. The number of ketones is 1. The summed E-state index contributed by atoms with van der Waals surface area (Å²) in [5.41, 5.74) is 1.10. The highest BCUT2D eigenvalue weighted by Gasteiger charge is 2.48. The molecule has 0 spiro atoms. The molecule has 0 bridgehead atoms.